The van der Waals surface area contributed by atoms with Gasteiger partial charge in [0.2, 0.25) is 0 Å². The van der Waals surface area contributed by atoms with E-state index in [9.17, 15) is 20.0 Å². The lowest BCUT2D eigenvalue weighted by atomic mass is 10.1. The third-order valence-electron chi connectivity index (χ3n) is 4.50. The maximum Gasteiger partial charge on any atom is 0.339 e. The van der Waals surface area contributed by atoms with E-state index in [1.54, 1.807) is 0 Å². The highest BCUT2D eigenvalue weighted by Crippen LogP contribution is 2.37. The molecule has 2 aromatic rings. The molecule has 1 heterocycles. The fourth-order valence-electron chi connectivity index (χ4n) is 3.08. The summed E-state index contributed by atoms with van der Waals surface area (Å²) < 4.78 is 5.18. The molecule has 2 N–H and O–H groups in total. The molecule has 6 nitrogen and oxygen atoms in total. The molecule has 27 heavy (non-hydrogen) atoms. The normalized spacial score (nSPS) is 14.4. The lowest BCUT2D eigenvalue weighted by Crippen LogP contribution is -2.30. The predicted octanol–water partition coefficient (Wildman–Crippen LogP) is 3.78. The highest BCUT2D eigenvalue weighted by atomic mass is 32.1. The van der Waals surface area contributed by atoms with Gasteiger partial charge in [0.1, 0.15) is 16.8 Å². The molecule has 0 fully saturated rings. The molecule has 3 rings (SSSR count). The minimum atomic E-state index is -1.03. The van der Waals surface area contributed by atoms with Gasteiger partial charge in [0.25, 0.3) is 5.91 Å². The second kappa shape index (κ2) is 8.23. The number of benzene rings is 1. The van der Waals surface area contributed by atoms with Crippen LogP contribution in [0, 0.1) is 11.3 Å². The summed E-state index contributed by atoms with van der Waals surface area (Å²) in [5.41, 5.74) is 1.73. The summed E-state index contributed by atoms with van der Waals surface area (Å²) in [4.78, 5) is 25.7. The number of phenols is 1. The summed E-state index contributed by atoms with van der Waals surface area (Å²) in [6.07, 6.45) is 4.02. The predicted molar refractivity (Wildman–Crippen MR) is 102 cm³/mol. The monoisotopic (exact) mass is 384 g/mol. The zero-order valence-corrected chi connectivity index (χ0v) is 15.8. The molecule has 1 atom stereocenters. The first-order valence-corrected chi connectivity index (χ1v) is 9.66. The van der Waals surface area contributed by atoms with Crippen LogP contribution in [-0.2, 0) is 22.4 Å². The van der Waals surface area contributed by atoms with Gasteiger partial charge in [-0.15, -0.1) is 11.3 Å². The number of nitrogens with one attached hydrogen (secondary N) is 1. The number of nitriles is 1. The summed E-state index contributed by atoms with van der Waals surface area (Å²) in [7, 11) is 0. The molecule has 0 aliphatic heterocycles. The summed E-state index contributed by atoms with van der Waals surface area (Å²) in [5, 5.41) is 22.2. The number of hydrogen-bond acceptors (Lipinski definition) is 6. The van der Waals surface area contributed by atoms with Crippen molar-refractivity contribution < 1.29 is 19.4 Å². The number of fused-ring (bicyclic) bond motifs is 1. The number of anilines is 1. The fraction of sp³-hybridized carbons (Fsp3) is 0.350. The van der Waals surface area contributed by atoms with Gasteiger partial charge in [-0.25, -0.2) is 4.79 Å². The number of rotatable bonds is 4. The van der Waals surface area contributed by atoms with Crippen molar-refractivity contribution in [3.63, 3.8) is 0 Å². The summed E-state index contributed by atoms with van der Waals surface area (Å²) in [5.74, 6) is -1.24. The zero-order valence-electron chi connectivity index (χ0n) is 14.9. The molecule has 1 aliphatic rings. The number of carbonyl (C=O) groups excluding carboxylic acids is 2. The number of aromatic hydroxyl groups is 1. The first-order valence-electron chi connectivity index (χ1n) is 8.85. The van der Waals surface area contributed by atoms with Crippen LogP contribution in [0.4, 0.5) is 5.00 Å². The largest absolute Gasteiger partial charge is 0.508 e. The van der Waals surface area contributed by atoms with Crippen LogP contribution in [0.3, 0.4) is 0 Å². The van der Waals surface area contributed by atoms with E-state index in [1.165, 1.54) is 42.5 Å². The standard InChI is InChI=1S/C20H20N2O4S/c1-12(26-20(25)13-6-5-7-14(23)10-13)18(24)22-19-16(11-21)15-8-3-2-4-9-17(15)27-19/h5-7,10,12,23H,2-4,8-9H2,1H3,(H,22,24). The van der Waals surface area contributed by atoms with Crippen molar-refractivity contribution in [3.8, 4) is 11.8 Å². The number of phenolic OH excluding ortho intramolecular Hbond substituents is 1. The Morgan fingerprint density at radius 1 is 1.30 bits per heavy atom. The molecular formula is C20H20N2O4S. The average molecular weight is 384 g/mol. The molecule has 1 aliphatic carbocycles. The lowest BCUT2D eigenvalue weighted by Gasteiger charge is -2.13. The number of nitrogens with zero attached hydrogens (tertiary/aromatic N) is 1. The number of thiophene rings is 1. The smallest absolute Gasteiger partial charge is 0.339 e. The maximum absolute atomic E-state index is 12.5. The molecular weight excluding hydrogens is 364 g/mol. The maximum atomic E-state index is 12.5. The van der Waals surface area contributed by atoms with Crippen LogP contribution in [0.15, 0.2) is 24.3 Å². The number of carbonyl (C=O) groups is 2. The number of ether oxygens (including phenoxy) is 1. The van der Waals surface area contributed by atoms with Crippen LogP contribution in [0.2, 0.25) is 0 Å². The molecule has 7 heteroatoms. The van der Waals surface area contributed by atoms with E-state index in [0.29, 0.717) is 10.6 Å². The van der Waals surface area contributed by atoms with E-state index in [1.807, 2.05) is 0 Å². The van der Waals surface area contributed by atoms with Gasteiger partial charge in [0.05, 0.1) is 11.1 Å². The second-order valence-corrected chi connectivity index (χ2v) is 7.57. The first kappa shape index (κ1) is 18.9. The minimum absolute atomic E-state index is 0.0553. The van der Waals surface area contributed by atoms with E-state index < -0.39 is 18.0 Å². The Balaban J connectivity index is 1.70. The van der Waals surface area contributed by atoms with Gasteiger partial charge in [0, 0.05) is 4.88 Å². The van der Waals surface area contributed by atoms with E-state index >= 15 is 0 Å². The number of amides is 1. The Morgan fingerprint density at radius 2 is 2.07 bits per heavy atom. The van der Waals surface area contributed by atoms with Crippen LogP contribution >= 0.6 is 11.3 Å². The number of esters is 1. The number of hydrogen-bond donors (Lipinski definition) is 2. The fourth-order valence-corrected chi connectivity index (χ4v) is 4.32. The van der Waals surface area contributed by atoms with Crippen molar-refractivity contribution in [1.29, 1.82) is 5.26 Å². The molecule has 1 amide bonds. The molecule has 140 valence electrons. The van der Waals surface area contributed by atoms with Crippen LogP contribution in [-0.4, -0.2) is 23.1 Å². The molecule has 1 aromatic heterocycles. The number of aryl methyl sites for hydroxylation is 1. The Labute approximate surface area is 161 Å². The Morgan fingerprint density at radius 3 is 2.81 bits per heavy atom. The summed E-state index contributed by atoms with van der Waals surface area (Å²) in [6, 6.07) is 7.94. The van der Waals surface area contributed by atoms with E-state index in [-0.39, 0.29) is 11.3 Å². The Hall–Kier alpha value is -2.85. The molecule has 1 unspecified atom stereocenters. The van der Waals surface area contributed by atoms with Gasteiger partial charge in [0.15, 0.2) is 6.10 Å². The van der Waals surface area contributed by atoms with Crippen LogP contribution in [0.5, 0.6) is 5.75 Å². The Bertz CT molecular complexity index is 913. The van der Waals surface area contributed by atoms with Crippen molar-refractivity contribution in [2.45, 2.75) is 45.1 Å². The topological polar surface area (TPSA) is 99.4 Å². The van der Waals surface area contributed by atoms with Gasteiger partial charge in [-0.2, -0.15) is 5.26 Å². The second-order valence-electron chi connectivity index (χ2n) is 6.47. The van der Waals surface area contributed by atoms with Crippen LogP contribution in [0.25, 0.3) is 0 Å². The van der Waals surface area contributed by atoms with Gasteiger partial charge in [-0.3, -0.25) is 4.79 Å². The molecule has 1 aromatic carbocycles. The Kier molecular flexibility index (Phi) is 5.77. The average Bonchev–Trinajstić information content (AvgIpc) is 2.81. The highest BCUT2D eigenvalue weighted by Gasteiger charge is 2.24. The van der Waals surface area contributed by atoms with Gasteiger partial charge >= 0.3 is 5.97 Å². The van der Waals surface area contributed by atoms with Crippen LogP contribution in [0.1, 0.15) is 52.5 Å². The quantitative estimate of drug-likeness (QED) is 0.617. The molecule has 0 radical (unpaired) electrons. The van der Waals surface area contributed by atoms with Gasteiger partial charge in [-0.1, -0.05) is 12.5 Å². The minimum Gasteiger partial charge on any atom is -0.508 e. The zero-order chi connectivity index (χ0) is 19.4. The van der Waals surface area contributed by atoms with Gasteiger partial charge < -0.3 is 15.2 Å². The first-order chi connectivity index (χ1) is 13.0. The van der Waals surface area contributed by atoms with E-state index in [0.717, 1.165) is 42.5 Å². The third-order valence-corrected chi connectivity index (χ3v) is 5.71. The molecule has 0 spiro atoms. The molecule has 0 saturated carbocycles. The molecule has 0 saturated heterocycles. The van der Waals surface area contributed by atoms with E-state index in [2.05, 4.69) is 11.4 Å². The summed E-state index contributed by atoms with van der Waals surface area (Å²) in [6.45, 7) is 1.47. The van der Waals surface area contributed by atoms with Gasteiger partial charge in [-0.05, 0) is 56.4 Å². The highest BCUT2D eigenvalue weighted by molar-refractivity contribution is 7.16. The van der Waals surface area contributed by atoms with Crippen molar-refractivity contribution in [1.82, 2.24) is 0 Å². The van der Waals surface area contributed by atoms with Crippen molar-refractivity contribution in [2.24, 2.45) is 0 Å². The summed E-state index contributed by atoms with van der Waals surface area (Å²) >= 11 is 1.43. The van der Waals surface area contributed by atoms with Crippen molar-refractivity contribution in [3.05, 3.63) is 45.8 Å². The van der Waals surface area contributed by atoms with Crippen LogP contribution < -0.4 is 5.32 Å². The lowest BCUT2D eigenvalue weighted by molar-refractivity contribution is -0.123. The third kappa shape index (κ3) is 4.29. The van der Waals surface area contributed by atoms with E-state index in [4.69, 9.17) is 4.74 Å². The SMILES string of the molecule is CC(OC(=O)c1cccc(O)c1)C(=O)Nc1sc2c(c1C#N)CCCCC2. The van der Waals surface area contributed by atoms with Crippen molar-refractivity contribution in [2.75, 3.05) is 5.32 Å². The molecule has 0 bridgehead atoms. The van der Waals surface area contributed by atoms with Crippen molar-refractivity contribution >= 4 is 28.2 Å².